The van der Waals surface area contributed by atoms with Crippen molar-refractivity contribution in [1.29, 1.82) is 0 Å². The Hall–Kier alpha value is -2.59. The molecule has 3 aromatic carbocycles. The molecule has 0 spiro atoms. The second kappa shape index (κ2) is 7.79. The SMILES string of the molecule is C[C@@H](Sc1ccccc1)C(=O)N/N=C\c1cccc2ccccc12. The van der Waals surface area contributed by atoms with Crippen molar-refractivity contribution in [1.82, 2.24) is 5.43 Å². The zero-order valence-electron chi connectivity index (χ0n) is 13.3. The summed E-state index contributed by atoms with van der Waals surface area (Å²) in [6, 6.07) is 24.0. The minimum absolute atomic E-state index is 0.111. The normalized spacial score (nSPS) is 12.4. The van der Waals surface area contributed by atoms with Crippen molar-refractivity contribution in [2.24, 2.45) is 5.10 Å². The molecule has 24 heavy (non-hydrogen) atoms. The van der Waals surface area contributed by atoms with Crippen LogP contribution in [0.25, 0.3) is 10.8 Å². The first-order chi connectivity index (χ1) is 11.7. The molecule has 0 saturated heterocycles. The number of rotatable bonds is 5. The van der Waals surface area contributed by atoms with Crippen LogP contribution < -0.4 is 5.43 Å². The maximum Gasteiger partial charge on any atom is 0.253 e. The molecule has 1 amide bonds. The Morgan fingerprint density at radius 2 is 1.71 bits per heavy atom. The molecular weight excluding hydrogens is 316 g/mol. The average Bonchev–Trinajstić information content (AvgIpc) is 2.62. The van der Waals surface area contributed by atoms with Crippen LogP contribution in [0.4, 0.5) is 0 Å². The fraction of sp³-hybridized carbons (Fsp3) is 0.100. The topological polar surface area (TPSA) is 41.5 Å². The molecule has 3 rings (SSSR count). The average molecular weight is 334 g/mol. The zero-order valence-corrected chi connectivity index (χ0v) is 14.2. The fourth-order valence-corrected chi connectivity index (χ4v) is 3.26. The Morgan fingerprint density at radius 1 is 1.00 bits per heavy atom. The summed E-state index contributed by atoms with van der Waals surface area (Å²) in [5.74, 6) is -0.111. The number of hydrogen-bond acceptors (Lipinski definition) is 3. The standard InChI is InChI=1S/C20H18N2OS/c1-15(24-18-11-3-2-4-12-18)20(23)22-21-14-17-10-7-9-16-8-5-6-13-19(16)17/h2-15H,1H3,(H,22,23)/b21-14-/t15-/m1/s1. The van der Waals surface area contributed by atoms with E-state index >= 15 is 0 Å². The summed E-state index contributed by atoms with van der Waals surface area (Å²) >= 11 is 1.51. The molecule has 0 unspecified atom stereocenters. The molecule has 0 radical (unpaired) electrons. The van der Waals surface area contributed by atoms with Gasteiger partial charge in [0.1, 0.15) is 0 Å². The summed E-state index contributed by atoms with van der Waals surface area (Å²) in [5.41, 5.74) is 3.61. The first kappa shape index (κ1) is 16.3. The van der Waals surface area contributed by atoms with Gasteiger partial charge in [-0.15, -0.1) is 11.8 Å². The first-order valence-corrected chi connectivity index (χ1v) is 8.64. The van der Waals surface area contributed by atoms with Crippen molar-refractivity contribution in [3.05, 3.63) is 78.4 Å². The van der Waals surface area contributed by atoms with Gasteiger partial charge in [0.2, 0.25) is 0 Å². The Bertz CT molecular complexity index is 856. The van der Waals surface area contributed by atoms with Gasteiger partial charge in [-0.2, -0.15) is 5.10 Å². The minimum Gasteiger partial charge on any atom is -0.272 e. The molecular formula is C20H18N2OS. The maximum atomic E-state index is 12.2. The number of nitrogens with zero attached hydrogens (tertiary/aromatic N) is 1. The van der Waals surface area contributed by atoms with E-state index in [0.29, 0.717) is 0 Å². The fourth-order valence-electron chi connectivity index (χ4n) is 2.38. The monoisotopic (exact) mass is 334 g/mol. The van der Waals surface area contributed by atoms with Crippen molar-refractivity contribution in [3.8, 4) is 0 Å². The summed E-state index contributed by atoms with van der Waals surface area (Å²) < 4.78 is 0. The molecule has 0 aliphatic heterocycles. The minimum atomic E-state index is -0.211. The van der Waals surface area contributed by atoms with E-state index in [1.807, 2.05) is 67.6 Å². The van der Waals surface area contributed by atoms with Gasteiger partial charge in [-0.3, -0.25) is 4.79 Å². The predicted octanol–water partition coefficient (Wildman–Crippen LogP) is 4.47. The number of thioether (sulfide) groups is 1. The quantitative estimate of drug-likeness (QED) is 0.425. The van der Waals surface area contributed by atoms with Gasteiger partial charge in [-0.1, -0.05) is 60.7 Å². The second-order valence-electron chi connectivity index (χ2n) is 5.38. The van der Waals surface area contributed by atoms with Gasteiger partial charge < -0.3 is 0 Å². The third kappa shape index (κ3) is 4.03. The van der Waals surface area contributed by atoms with Crippen molar-refractivity contribution < 1.29 is 4.79 Å². The lowest BCUT2D eigenvalue weighted by molar-refractivity contribution is -0.120. The number of carbonyl (C=O) groups is 1. The number of hydrogen-bond donors (Lipinski definition) is 1. The van der Waals surface area contributed by atoms with Crippen LogP contribution in [0.1, 0.15) is 12.5 Å². The number of benzene rings is 3. The number of nitrogens with one attached hydrogen (secondary N) is 1. The smallest absolute Gasteiger partial charge is 0.253 e. The maximum absolute atomic E-state index is 12.2. The molecule has 0 aromatic heterocycles. The van der Waals surface area contributed by atoms with Gasteiger partial charge in [0, 0.05) is 10.5 Å². The van der Waals surface area contributed by atoms with Gasteiger partial charge >= 0.3 is 0 Å². The van der Waals surface area contributed by atoms with E-state index in [1.54, 1.807) is 6.21 Å². The Labute approximate surface area is 145 Å². The molecule has 0 aliphatic carbocycles. The van der Waals surface area contributed by atoms with Crippen LogP contribution in [0.3, 0.4) is 0 Å². The van der Waals surface area contributed by atoms with Crippen LogP contribution in [-0.2, 0) is 4.79 Å². The first-order valence-electron chi connectivity index (χ1n) is 7.76. The van der Waals surface area contributed by atoms with E-state index < -0.39 is 0 Å². The molecule has 4 heteroatoms. The summed E-state index contributed by atoms with van der Waals surface area (Å²) in [6.07, 6.45) is 1.69. The molecule has 0 heterocycles. The lowest BCUT2D eigenvalue weighted by Gasteiger charge is -2.09. The highest BCUT2D eigenvalue weighted by molar-refractivity contribution is 8.00. The van der Waals surface area contributed by atoms with E-state index in [9.17, 15) is 4.79 Å². The third-order valence-electron chi connectivity index (χ3n) is 3.63. The van der Waals surface area contributed by atoms with E-state index in [-0.39, 0.29) is 11.2 Å². The van der Waals surface area contributed by atoms with Crippen LogP contribution in [0.15, 0.2) is 82.8 Å². The Kier molecular flexibility index (Phi) is 5.29. The molecule has 0 bridgehead atoms. The highest BCUT2D eigenvalue weighted by Crippen LogP contribution is 2.22. The lowest BCUT2D eigenvalue weighted by atomic mass is 10.1. The summed E-state index contributed by atoms with van der Waals surface area (Å²) in [6.45, 7) is 1.88. The Morgan fingerprint density at radius 3 is 2.54 bits per heavy atom. The van der Waals surface area contributed by atoms with Gasteiger partial charge in [0.05, 0.1) is 11.5 Å². The summed E-state index contributed by atoms with van der Waals surface area (Å²) in [7, 11) is 0. The van der Waals surface area contributed by atoms with Crippen molar-refractivity contribution >= 4 is 34.7 Å². The third-order valence-corrected chi connectivity index (χ3v) is 4.74. The number of carbonyl (C=O) groups excluding carboxylic acids is 1. The van der Waals surface area contributed by atoms with E-state index in [0.717, 1.165) is 21.2 Å². The molecule has 1 atom stereocenters. The van der Waals surface area contributed by atoms with Gasteiger partial charge in [-0.05, 0) is 29.8 Å². The largest absolute Gasteiger partial charge is 0.272 e. The van der Waals surface area contributed by atoms with Gasteiger partial charge in [-0.25, -0.2) is 5.43 Å². The van der Waals surface area contributed by atoms with Gasteiger partial charge in [0.25, 0.3) is 5.91 Å². The highest BCUT2D eigenvalue weighted by atomic mass is 32.2. The van der Waals surface area contributed by atoms with Crippen molar-refractivity contribution in [2.45, 2.75) is 17.1 Å². The van der Waals surface area contributed by atoms with Crippen LogP contribution in [0.2, 0.25) is 0 Å². The summed E-state index contributed by atoms with van der Waals surface area (Å²) in [5, 5.41) is 6.17. The number of amides is 1. The molecule has 120 valence electrons. The molecule has 1 N–H and O–H groups in total. The summed E-state index contributed by atoms with van der Waals surface area (Å²) in [4.78, 5) is 13.2. The van der Waals surface area contributed by atoms with Gasteiger partial charge in [0.15, 0.2) is 0 Å². The molecule has 0 saturated carbocycles. The van der Waals surface area contributed by atoms with E-state index in [1.165, 1.54) is 11.8 Å². The zero-order chi connectivity index (χ0) is 16.8. The molecule has 3 nitrogen and oxygen atoms in total. The number of hydrazone groups is 1. The van der Waals surface area contributed by atoms with Crippen LogP contribution in [0.5, 0.6) is 0 Å². The highest BCUT2D eigenvalue weighted by Gasteiger charge is 2.13. The van der Waals surface area contributed by atoms with Crippen LogP contribution in [0, 0.1) is 0 Å². The second-order valence-corrected chi connectivity index (χ2v) is 6.79. The number of fused-ring (bicyclic) bond motifs is 1. The van der Waals surface area contributed by atoms with Crippen molar-refractivity contribution in [3.63, 3.8) is 0 Å². The van der Waals surface area contributed by atoms with E-state index in [2.05, 4.69) is 22.7 Å². The van der Waals surface area contributed by atoms with Crippen molar-refractivity contribution in [2.75, 3.05) is 0 Å². The van der Waals surface area contributed by atoms with E-state index in [4.69, 9.17) is 0 Å². The molecule has 0 aliphatic rings. The predicted molar refractivity (Wildman–Crippen MR) is 101 cm³/mol. The lowest BCUT2D eigenvalue weighted by Crippen LogP contribution is -2.26. The molecule has 3 aromatic rings. The van der Waals surface area contributed by atoms with Crippen LogP contribution in [-0.4, -0.2) is 17.4 Å². The van der Waals surface area contributed by atoms with Crippen LogP contribution >= 0.6 is 11.8 Å². The Balaban J connectivity index is 1.64. The molecule has 0 fully saturated rings.